The fourth-order valence-corrected chi connectivity index (χ4v) is 6.40. The average molecular weight is 498 g/mol. The molecule has 4 nitrogen and oxygen atoms in total. The summed E-state index contributed by atoms with van der Waals surface area (Å²) >= 11 is 0. The maximum Gasteiger partial charge on any atom is 0.229 e. The summed E-state index contributed by atoms with van der Waals surface area (Å²) in [6.45, 7) is 7.89. The molecule has 0 saturated carbocycles. The number of aliphatic imine (C=N–C) groups is 1. The second-order valence-electron chi connectivity index (χ2n) is 11.1. The number of fused-ring (bicyclic) bond motifs is 4. The molecule has 5 rings (SSSR count). The fraction of sp³-hybridized carbons (Fsp3) is 0.515. The van der Waals surface area contributed by atoms with Gasteiger partial charge in [0.1, 0.15) is 11.4 Å². The Kier molecular flexibility index (Phi) is 7.83. The van der Waals surface area contributed by atoms with Gasteiger partial charge in [0, 0.05) is 30.0 Å². The highest BCUT2D eigenvalue weighted by atomic mass is 16.5. The van der Waals surface area contributed by atoms with Crippen LogP contribution in [0.5, 0.6) is 5.75 Å². The Bertz CT molecular complexity index is 1240. The predicted octanol–water partition coefficient (Wildman–Crippen LogP) is 9.13. The minimum absolute atomic E-state index is 0.201. The third kappa shape index (κ3) is 4.64. The standard InChI is InChI=1S/C33H43N3O/c1-4-6-7-8-9-10-11-12-13-16-23-36-29-18-15-14-17-28(29)32(3,5-2)33(36)25-35-31-27-24-34-22-21-26(27)19-20-30(31)37-33/h14-15,17-22,24-25H,4-13,16,23H2,1-3H3. The minimum atomic E-state index is -0.631. The van der Waals surface area contributed by atoms with Gasteiger partial charge in [-0.2, -0.15) is 0 Å². The van der Waals surface area contributed by atoms with Gasteiger partial charge in [-0.15, -0.1) is 0 Å². The lowest BCUT2D eigenvalue weighted by atomic mass is 9.73. The third-order valence-electron chi connectivity index (χ3n) is 8.82. The molecule has 1 aromatic heterocycles. The van der Waals surface area contributed by atoms with Gasteiger partial charge in [-0.05, 0) is 48.9 Å². The molecule has 0 radical (unpaired) electrons. The summed E-state index contributed by atoms with van der Waals surface area (Å²) in [5, 5.41) is 2.18. The highest BCUT2D eigenvalue weighted by molar-refractivity contribution is 5.99. The van der Waals surface area contributed by atoms with Crippen molar-refractivity contribution >= 4 is 28.4 Å². The summed E-state index contributed by atoms with van der Waals surface area (Å²) < 4.78 is 7.08. The molecule has 0 amide bonds. The second kappa shape index (κ2) is 11.2. The van der Waals surface area contributed by atoms with Crippen molar-refractivity contribution in [1.29, 1.82) is 0 Å². The molecular formula is C33H43N3O. The van der Waals surface area contributed by atoms with Crippen molar-refractivity contribution in [2.24, 2.45) is 4.99 Å². The molecule has 2 atom stereocenters. The van der Waals surface area contributed by atoms with E-state index < -0.39 is 5.72 Å². The van der Waals surface area contributed by atoms with E-state index >= 15 is 0 Å². The lowest BCUT2D eigenvalue weighted by molar-refractivity contribution is 0.0657. The second-order valence-corrected chi connectivity index (χ2v) is 11.1. The van der Waals surface area contributed by atoms with E-state index in [-0.39, 0.29) is 5.41 Å². The van der Waals surface area contributed by atoms with E-state index in [2.05, 4.69) is 73.3 Å². The van der Waals surface area contributed by atoms with Crippen LogP contribution in [0.15, 0.2) is 59.9 Å². The van der Waals surface area contributed by atoms with Gasteiger partial charge >= 0.3 is 0 Å². The molecule has 0 bridgehead atoms. The first-order valence-corrected chi connectivity index (χ1v) is 14.6. The molecule has 2 aromatic carbocycles. The number of ether oxygens (including phenoxy) is 1. The minimum Gasteiger partial charge on any atom is -0.459 e. The van der Waals surface area contributed by atoms with Crippen LogP contribution in [0.25, 0.3) is 10.8 Å². The van der Waals surface area contributed by atoms with Crippen LogP contribution in [0, 0.1) is 0 Å². The lowest BCUT2D eigenvalue weighted by Crippen LogP contribution is -2.63. The quantitative estimate of drug-likeness (QED) is 0.234. The topological polar surface area (TPSA) is 37.7 Å². The molecule has 2 aliphatic heterocycles. The molecule has 0 aliphatic carbocycles. The Labute approximate surface area is 223 Å². The Hall–Kier alpha value is -2.88. The van der Waals surface area contributed by atoms with E-state index in [4.69, 9.17) is 9.73 Å². The van der Waals surface area contributed by atoms with Crippen LogP contribution < -0.4 is 9.64 Å². The smallest absolute Gasteiger partial charge is 0.229 e. The van der Waals surface area contributed by atoms with E-state index in [1.54, 1.807) is 0 Å². The number of anilines is 1. The van der Waals surface area contributed by atoms with Gasteiger partial charge in [0.2, 0.25) is 5.72 Å². The van der Waals surface area contributed by atoms with E-state index in [0.29, 0.717) is 0 Å². The summed E-state index contributed by atoms with van der Waals surface area (Å²) in [4.78, 5) is 12.0. The first kappa shape index (κ1) is 25.8. The molecule has 1 spiro atoms. The Morgan fingerprint density at radius 1 is 0.838 bits per heavy atom. The zero-order valence-electron chi connectivity index (χ0n) is 23.0. The molecule has 3 aromatic rings. The van der Waals surface area contributed by atoms with Crippen molar-refractivity contribution in [3.63, 3.8) is 0 Å². The summed E-state index contributed by atoms with van der Waals surface area (Å²) in [7, 11) is 0. The Morgan fingerprint density at radius 3 is 2.32 bits per heavy atom. The van der Waals surface area contributed by atoms with Crippen LogP contribution in [-0.4, -0.2) is 23.5 Å². The van der Waals surface area contributed by atoms with Gasteiger partial charge in [-0.1, -0.05) is 95.9 Å². The largest absolute Gasteiger partial charge is 0.459 e. The van der Waals surface area contributed by atoms with E-state index in [1.807, 2.05) is 18.5 Å². The molecule has 4 heteroatoms. The Morgan fingerprint density at radius 2 is 1.57 bits per heavy atom. The van der Waals surface area contributed by atoms with Gasteiger partial charge < -0.3 is 9.64 Å². The van der Waals surface area contributed by atoms with Gasteiger partial charge in [-0.25, -0.2) is 0 Å². The van der Waals surface area contributed by atoms with Crippen LogP contribution >= 0.6 is 0 Å². The van der Waals surface area contributed by atoms with Gasteiger partial charge in [0.15, 0.2) is 0 Å². The van der Waals surface area contributed by atoms with Crippen LogP contribution in [-0.2, 0) is 5.41 Å². The zero-order chi connectivity index (χ0) is 25.7. The van der Waals surface area contributed by atoms with E-state index in [0.717, 1.165) is 41.6 Å². The number of hydrogen-bond acceptors (Lipinski definition) is 4. The molecule has 3 heterocycles. The molecular weight excluding hydrogens is 454 g/mol. The van der Waals surface area contributed by atoms with Crippen LogP contribution in [0.1, 0.15) is 97.0 Å². The summed E-state index contributed by atoms with van der Waals surface area (Å²) in [5.41, 5.74) is 2.72. The van der Waals surface area contributed by atoms with Crippen molar-refractivity contribution in [3.05, 3.63) is 60.4 Å². The maximum absolute atomic E-state index is 7.08. The first-order valence-electron chi connectivity index (χ1n) is 14.6. The van der Waals surface area contributed by atoms with Crippen LogP contribution in [0.4, 0.5) is 11.4 Å². The SMILES string of the molecule is CCCCCCCCCCCCN1c2ccccc2C(C)(CC)C12C=Nc1c(ccc3ccncc13)O2. The summed E-state index contributed by atoms with van der Waals surface area (Å²) in [5.74, 6) is 0.851. The van der Waals surface area contributed by atoms with Crippen molar-refractivity contribution in [1.82, 2.24) is 4.98 Å². The Balaban J connectivity index is 1.35. The monoisotopic (exact) mass is 497 g/mol. The third-order valence-corrected chi connectivity index (χ3v) is 8.82. The van der Waals surface area contributed by atoms with Crippen molar-refractivity contribution in [2.75, 3.05) is 11.4 Å². The fourth-order valence-electron chi connectivity index (χ4n) is 6.40. The van der Waals surface area contributed by atoms with Crippen LogP contribution in [0.2, 0.25) is 0 Å². The highest BCUT2D eigenvalue weighted by Crippen LogP contribution is 2.56. The number of unbranched alkanes of at least 4 members (excludes halogenated alkanes) is 9. The highest BCUT2D eigenvalue weighted by Gasteiger charge is 2.61. The number of benzene rings is 2. The van der Waals surface area contributed by atoms with Gasteiger partial charge in [0.05, 0.1) is 11.6 Å². The first-order chi connectivity index (χ1) is 18.1. The molecule has 0 N–H and O–H groups in total. The van der Waals surface area contributed by atoms with Crippen molar-refractivity contribution in [3.8, 4) is 5.75 Å². The molecule has 37 heavy (non-hydrogen) atoms. The lowest BCUT2D eigenvalue weighted by Gasteiger charge is -2.47. The number of rotatable bonds is 12. The van der Waals surface area contributed by atoms with Crippen LogP contribution in [0.3, 0.4) is 0 Å². The molecule has 2 aliphatic rings. The number of hydrogen-bond donors (Lipinski definition) is 0. The molecule has 0 saturated heterocycles. The molecule has 2 unspecified atom stereocenters. The van der Waals surface area contributed by atoms with Crippen molar-refractivity contribution in [2.45, 2.75) is 103 Å². The van der Waals surface area contributed by atoms with E-state index in [1.165, 1.54) is 69.0 Å². The normalized spacial score (nSPS) is 21.9. The van der Waals surface area contributed by atoms with E-state index in [9.17, 15) is 0 Å². The van der Waals surface area contributed by atoms with Gasteiger partial charge in [-0.3, -0.25) is 9.98 Å². The number of para-hydroxylation sites is 1. The number of nitrogens with zero attached hydrogens (tertiary/aromatic N) is 3. The summed E-state index contributed by atoms with van der Waals surface area (Å²) in [6, 6.07) is 15.1. The number of pyridine rings is 1. The molecule has 0 fully saturated rings. The van der Waals surface area contributed by atoms with Crippen molar-refractivity contribution < 1.29 is 4.74 Å². The summed E-state index contributed by atoms with van der Waals surface area (Å²) in [6.07, 6.45) is 20.2. The molecule has 196 valence electrons. The number of aromatic nitrogens is 1. The van der Waals surface area contributed by atoms with Gasteiger partial charge in [0.25, 0.3) is 0 Å². The predicted molar refractivity (Wildman–Crippen MR) is 157 cm³/mol. The maximum atomic E-state index is 7.08. The average Bonchev–Trinajstić information content (AvgIpc) is 3.13. The zero-order valence-corrected chi connectivity index (χ0v) is 23.0.